The van der Waals surface area contributed by atoms with Crippen molar-refractivity contribution in [2.24, 2.45) is 16.6 Å². The van der Waals surface area contributed by atoms with E-state index in [0.29, 0.717) is 31.6 Å². The van der Waals surface area contributed by atoms with Gasteiger partial charge in [-0.2, -0.15) is 0 Å². The SMILES string of the molecule is COCc1ccccc1NC(N)=NCc1cccc(OCC(C)C)c1. The molecule has 25 heavy (non-hydrogen) atoms. The molecule has 0 atom stereocenters. The number of hydrogen-bond donors (Lipinski definition) is 2. The number of para-hydroxylation sites is 1. The van der Waals surface area contributed by atoms with E-state index in [1.54, 1.807) is 7.11 Å². The van der Waals surface area contributed by atoms with E-state index >= 15 is 0 Å². The Morgan fingerprint density at radius 1 is 1.16 bits per heavy atom. The van der Waals surface area contributed by atoms with E-state index in [1.165, 1.54) is 0 Å². The highest BCUT2D eigenvalue weighted by atomic mass is 16.5. The highest BCUT2D eigenvalue weighted by Crippen LogP contribution is 2.17. The molecule has 2 aromatic rings. The summed E-state index contributed by atoms with van der Waals surface area (Å²) in [6.07, 6.45) is 0. The number of nitrogens with two attached hydrogens (primary N) is 1. The number of anilines is 1. The number of hydrogen-bond acceptors (Lipinski definition) is 3. The van der Waals surface area contributed by atoms with Crippen LogP contribution in [0.25, 0.3) is 0 Å². The van der Waals surface area contributed by atoms with Crippen molar-refractivity contribution in [3.8, 4) is 5.75 Å². The van der Waals surface area contributed by atoms with Gasteiger partial charge in [0, 0.05) is 18.4 Å². The number of methoxy groups -OCH3 is 1. The van der Waals surface area contributed by atoms with Gasteiger partial charge < -0.3 is 20.5 Å². The van der Waals surface area contributed by atoms with Crippen molar-refractivity contribution in [2.45, 2.75) is 27.0 Å². The van der Waals surface area contributed by atoms with Crippen molar-refractivity contribution in [1.82, 2.24) is 0 Å². The van der Waals surface area contributed by atoms with Crippen molar-refractivity contribution in [3.63, 3.8) is 0 Å². The fourth-order valence-electron chi connectivity index (χ4n) is 2.27. The topological polar surface area (TPSA) is 68.9 Å². The smallest absolute Gasteiger partial charge is 0.193 e. The van der Waals surface area contributed by atoms with Crippen LogP contribution in [0.3, 0.4) is 0 Å². The maximum absolute atomic E-state index is 6.02. The molecule has 5 heteroatoms. The molecule has 2 aromatic carbocycles. The summed E-state index contributed by atoms with van der Waals surface area (Å²) in [4.78, 5) is 4.41. The zero-order valence-corrected chi connectivity index (χ0v) is 15.2. The molecule has 5 nitrogen and oxygen atoms in total. The average Bonchev–Trinajstić information content (AvgIpc) is 2.60. The Bertz CT molecular complexity index is 699. The standard InChI is InChI=1S/C20H27N3O2/c1-15(2)13-25-18-9-6-7-16(11-18)12-22-20(21)23-19-10-5-4-8-17(19)14-24-3/h4-11,15H,12-14H2,1-3H3,(H3,21,22,23). The molecular formula is C20H27N3O2. The summed E-state index contributed by atoms with van der Waals surface area (Å²) in [6.45, 7) is 5.96. The molecule has 0 aromatic heterocycles. The summed E-state index contributed by atoms with van der Waals surface area (Å²) in [5.74, 6) is 1.73. The minimum absolute atomic E-state index is 0.372. The predicted octanol–water partition coefficient (Wildman–Crippen LogP) is 3.79. The Balaban J connectivity index is 1.98. The van der Waals surface area contributed by atoms with Crippen LogP contribution in [0.15, 0.2) is 53.5 Å². The van der Waals surface area contributed by atoms with Crippen molar-refractivity contribution in [3.05, 3.63) is 59.7 Å². The van der Waals surface area contributed by atoms with E-state index in [9.17, 15) is 0 Å². The van der Waals surface area contributed by atoms with Crippen molar-refractivity contribution >= 4 is 11.6 Å². The first-order valence-corrected chi connectivity index (χ1v) is 8.44. The Kier molecular flexibility index (Phi) is 7.29. The Hall–Kier alpha value is -2.53. The van der Waals surface area contributed by atoms with Gasteiger partial charge in [-0.05, 0) is 29.7 Å². The molecule has 0 aliphatic carbocycles. The molecule has 0 unspecified atom stereocenters. The molecule has 0 amide bonds. The van der Waals surface area contributed by atoms with Gasteiger partial charge >= 0.3 is 0 Å². The normalized spacial score (nSPS) is 11.6. The molecule has 3 N–H and O–H groups in total. The molecule has 0 aliphatic rings. The van der Waals surface area contributed by atoms with E-state index < -0.39 is 0 Å². The lowest BCUT2D eigenvalue weighted by atomic mass is 10.2. The number of ether oxygens (including phenoxy) is 2. The summed E-state index contributed by atoms with van der Waals surface area (Å²) in [5.41, 5.74) is 9.01. The second-order valence-electron chi connectivity index (χ2n) is 6.27. The maximum Gasteiger partial charge on any atom is 0.193 e. The third-order valence-corrected chi connectivity index (χ3v) is 3.49. The van der Waals surface area contributed by atoms with Gasteiger partial charge in [0.2, 0.25) is 0 Å². The first kappa shape index (κ1) is 18.8. The number of rotatable bonds is 8. The molecule has 0 radical (unpaired) electrons. The molecule has 134 valence electrons. The number of nitrogens with one attached hydrogen (secondary N) is 1. The number of aliphatic imine (C=N–C) groups is 1. The van der Waals surface area contributed by atoms with E-state index in [0.717, 1.165) is 22.6 Å². The molecule has 0 heterocycles. The first-order chi connectivity index (χ1) is 12.1. The summed E-state index contributed by atoms with van der Waals surface area (Å²) in [6, 6.07) is 15.8. The minimum atomic E-state index is 0.372. The molecule has 0 spiro atoms. The van der Waals surface area contributed by atoms with Crippen LogP contribution in [0.4, 0.5) is 5.69 Å². The van der Waals surface area contributed by atoms with Crippen molar-refractivity contribution < 1.29 is 9.47 Å². The zero-order valence-electron chi connectivity index (χ0n) is 15.2. The van der Waals surface area contributed by atoms with Gasteiger partial charge in [-0.3, -0.25) is 0 Å². The lowest BCUT2D eigenvalue weighted by molar-refractivity contribution is 0.185. The second-order valence-corrected chi connectivity index (χ2v) is 6.27. The lowest BCUT2D eigenvalue weighted by Gasteiger charge is -2.11. The van der Waals surface area contributed by atoms with Crippen molar-refractivity contribution in [2.75, 3.05) is 19.0 Å². The van der Waals surface area contributed by atoms with Gasteiger partial charge in [0.1, 0.15) is 5.75 Å². The Morgan fingerprint density at radius 3 is 2.72 bits per heavy atom. The summed E-state index contributed by atoms with van der Waals surface area (Å²) in [7, 11) is 1.67. The third-order valence-electron chi connectivity index (χ3n) is 3.49. The summed E-state index contributed by atoms with van der Waals surface area (Å²) < 4.78 is 10.9. The largest absolute Gasteiger partial charge is 0.493 e. The Labute approximate surface area is 149 Å². The molecule has 2 rings (SSSR count). The first-order valence-electron chi connectivity index (χ1n) is 8.44. The van der Waals surface area contributed by atoms with E-state index in [2.05, 4.69) is 24.2 Å². The van der Waals surface area contributed by atoms with E-state index in [-0.39, 0.29) is 0 Å². The molecule has 0 saturated carbocycles. The van der Waals surface area contributed by atoms with Gasteiger partial charge in [-0.1, -0.05) is 44.2 Å². The van der Waals surface area contributed by atoms with Crippen molar-refractivity contribution in [1.29, 1.82) is 0 Å². The van der Waals surface area contributed by atoms with Gasteiger partial charge in [-0.25, -0.2) is 4.99 Å². The highest BCUT2D eigenvalue weighted by Gasteiger charge is 2.03. The van der Waals surface area contributed by atoms with Gasteiger partial charge in [0.15, 0.2) is 5.96 Å². The molecule has 0 saturated heterocycles. The molecule has 0 bridgehead atoms. The van der Waals surface area contributed by atoms with Crippen LogP contribution in [0.1, 0.15) is 25.0 Å². The van der Waals surface area contributed by atoms with Crippen LogP contribution in [-0.2, 0) is 17.9 Å². The average molecular weight is 341 g/mol. The quantitative estimate of drug-likeness (QED) is 0.566. The highest BCUT2D eigenvalue weighted by molar-refractivity contribution is 5.92. The van der Waals surface area contributed by atoms with Crippen LogP contribution in [0, 0.1) is 5.92 Å². The molecule has 0 fully saturated rings. The lowest BCUT2D eigenvalue weighted by Crippen LogP contribution is -2.23. The summed E-state index contributed by atoms with van der Waals surface area (Å²) >= 11 is 0. The van der Waals surface area contributed by atoms with Crippen LogP contribution < -0.4 is 15.8 Å². The van der Waals surface area contributed by atoms with Crippen LogP contribution in [0.5, 0.6) is 5.75 Å². The fraction of sp³-hybridized carbons (Fsp3) is 0.350. The predicted molar refractivity (Wildman–Crippen MR) is 103 cm³/mol. The van der Waals surface area contributed by atoms with Gasteiger partial charge in [0.05, 0.1) is 19.8 Å². The second kappa shape index (κ2) is 9.69. The number of nitrogens with zero attached hydrogens (tertiary/aromatic N) is 1. The third kappa shape index (κ3) is 6.47. The monoisotopic (exact) mass is 341 g/mol. The number of guanidine groups is 1. The maximum atomic E-state index is 6.02. The number of benzene rings is 2. The van der Waals surface area contributed by atoms with Crippen LogP contribution >= 0.6 is 0 Å². The van der Waals surface area contributed by atoms with E-state index in [1.807, 2.05) is 48.5 Å². The van der Waals surface area contributed by atoms with E-state index in [4.69, 9.17) is 15.2 Å². The molecule has 0 aliphatic heterocycles. The summed E-state index contributed by atoms with van der Waals surface area (Å²) in [5, 5.41) is 3.14. The minimum Gasteiger partial charge on any atom is -0.493 e. The molecular weight excluding hydrogens is 314 g/mol. The van der Waals surface area contributed by atoms with Gasteiger partial charge in [0.25, 0.3) is 0 Å². The Morgan fingerprint density at radius 2 is 1.96 bits per heavy atom. The van der Waals surface area contributed by atoms with Crippen LogP contribution in [0.2, 0.25) is 0 Å². The van der Waals surface area contributed by atoms with Gasteiger partial charge in [-0.15, -0.1) is 0 Å². The fourth-order valence-corrected chi connectivity index (χ4v) is 2.27. The van der Waals surface area contributed by atoms with Crippen LogP contribution in [-0.4, -0.2) is 19.7 Å². The zero-order chi connectivity index (χ0) is 18.1.